The Morgan fingerprint density at radius 3 is 2.39 bits per heavy atom. The van der Waals surface area contributed by atoms with Gasteiger partial charge < -0.3 is 31.5 Å². The molecule has 0 radical (unpaired) electrons. The van der Waals surface area contributed by atoms with Crippen molar-refractivity contribution < 1.29 is 34.8 Å². The minimum absolute atomic E-state index is 0.0114. The van der Waals surface area contributed by atoms with Gasteiger partial charge in [0, 0.05) is 37.2 Å². The Morgan fingerprint density at radius 1 is 1.07 bits per heavy atom. The van der Waals surface area contributed by atoms with E-state index in [9.17, 15) is 34.8 Å². The number of carbonyl (C=O) groups is 3. The number of primary amides is 1. The Labute approximate surface area is 255 Å². The number of amides is 1. The number of phenols is 1. The van der Waals surface area contributed by atoms with E-state index in [0.717, 1.165) is 32.5 Å². The third kappa shape index (κ3) is 4.66. The lowest BCUT2D eigenvalue weighted by Gasteiger charge is -2.50. The SMILES string of the molecule is CN(C)[C@H]1C(O)=C(C(N)=O)C(=O)[C@@]2(O)C(O)=C3C(=O)c4c(ccc(NC5CCN(Cc6ccccc6)CC5)c4O)C[C@@H]3C[C@H]12. The number of nitrogens with two attached hydrogens (primary N) is 1. The lowest BCUT2D eigenvalue weighted by atomic mass is 9.58. The summed E-state index contributed by atoms with van der Waals surface area (Å²) in [6.45, 7) is 2.62. The van der Waals surface area contributed by atoms with Crippen molar-refractivity contribution in [3.05, 3.63) is 81.8 Å². The lowest BCUT2D eigenvalue weighted by Crippen LogP contribution is -2.63. The van der Waals surface area contributed by atoms with Gasteiger partial charge in [-0.25, -0.2) is 0 Å². The normalized spacial score (nSPS) is 27.7. The van der Waals surface area contributed by atoms with Crippen LogP contribution in [0.15, 0.2) is 65.1 Å². The van der Waals surface area contributed by atoms with Gasteiger partial charge in [0.15, 0.2) is 11.4 Å². The van der Waals surface area contributed by atoms with Crippen LogP contribution in [0.25, 0.3) is 0 Å². The summed E-state index contributed by atoms with van der Waals surface area (Å²) in [7, 11) is 3.21. The predicted octanol–water partition coefficient (Wildman–Crippen LogP) is 2.20. The highest BCUT2D eigenvalue weighted by molar-refractivity contribution is 6.24. The highest BCUT2D eigenvalue weighted by Gasteiger charge is 2.63. The predicted molar refractivity (Wildman–Crippen MR) is 162 cm³/mol. The zero-order valence-corrected chi connectivity index (χ0v) is 24.8. The fraction of sp³-hybridized carbons (Fsp3) is 0.424. The van der Waals surface area contributed by atoms with Crippen molar-refractivity contribution in [2.75, 3.05) is 32.5 Å². The number of aromatic hydroxyl groups is 1. The van der Waals surface area contributed by atoms with Crippen molar-refractivity contribution >= 4 is 23.2 Å². The van der Waals surface area contributed by atoms with Crippen LogP contribution in [0, 0.1) is 11.8 Å². The minimum atomic E-state index is -2.65. The zero-order chi connectivity index (χ0) is 31.5. The van der Waals surface area contributed by atoms with Crippen LogP contribution in [0.4, 0.5) is 5.69 Å². The summed E-state index contributed by atoms with van der Waals surface area (Å²) in [4.78, 5) is 43.5. The van der Waals surface area contributed by atoms with E-state index >= 15 is 0 Å². The Morgan fingerprint density at radius 2 is 1.75 bits per heavy atom. The summed E-state index contributed by atoms with van der Waals surface area (Å²) < 4.78 is 0. The molecule has 4 atom stereocenters. The van der Waals surface area contributed by atoms with Crippen LogP contribution in [0.2, 0.25) is 0 Å². The number of likely N-dealkylation sites (tertiary alicyclic amines) is 1. The molecule has 232 valence electrons. The van der Waals surface area contributed by atoms with Crippen molar-refractivity contribution in [3.63, 3.8) is 0 Å². The van der Waals surface area contributed by atoms with E-state index in [1.54, 1.807) is 26.2 Å². The third-order valence-corrected chi connectivity index (χ3v) is 9.79. The number of allylic oxidation sites excluding steroid dienone is 1. The van der Waals surface area contributed by atoms with E-state index in [1.165, 1.54) is 10.5 Å². The molecule has 0 bridgehead atoms. The number of anilines is 1. The van der Waals surface area contributed by atoms with Gasteiger partial charge in [-0.1, -0.05) is 36.4 Å². The monoisotopic (exact) mass is 602 g/mol. The number of likely N-dealkylation sites (N-methyl/N-ethyl adjacent to an activating group) is 1. The first-order valence-corrected chi connectivity index (χ1v) is 15.0. The van der Waals surface area contributed by atoms with Gasteiger partial charge >= 0.3 is 0 Å². The number of rotatable bonds is 6. The molecule has 1 saturated heterocycles. The summed E-state index contributed by atoms with van der Waals surface area (Å²) >= 11 is 0. The van der Waals surface area contributed by atoms with Crippen LogP contribution < -0.4 is 11.1 Å². The largest absolute Gasteiger partial charge is 0.510 e. The number of nitrogens with one attached hydrogen (secondary N) is 1. The molecular formula is C33H38N4O7. The van der Waals surface area contributed by atoms with E-state index in [4.69, 9.17) is 5.73 Å². The number of carbonyl (C=O) groups excluding carboxylic acids is 3. The molecule has 0 aromatic heterocycles. The fourth-order valence-electron chi connectivity index (χ4n) is 7.64. The number of Topliss-reactive ketones (excluding diaryl/α,β-unsaturated/α-hetero) is 2. The van der Waals surface area contributed by atoms with Gasteiger partial charge in [0.05, 0.1) is 17.3 Å². The first kappa shape index (κ1) is 29.9. The van der Waals surface area contributed by atoms with Crippen molar-refractivity contribution in [3.8, 4) is 5.75 Å². The topological polar surface area (TPSA) is 177 Å². The Bertz CT molecular complexity index is 1590. The molecule has 1 fully saturated rings. The average Bonchev–Trinajstić information content (AvgIpc) is 2.97. The second-order valence-corrected chi connectivity index (χ2v) is 12.6. The number of nitrogens with zero attached hydrogens (tertiary/aromatic N) is 2. The molecule has 0 spiro atoms. The molecule has 3 aliphatic carbocycles. The van der Waals surface area contributed by atoms with Gasteiger partial charge in [-0.05, 0) is 62.9 Å². The van der Waals surface area contributed by atoms with Gasteiger partial charge in [0.1, 0.15) is 22.8 Å². The van der Waals surface area contributed by atoms with E-state index in [1.807, 2.05) is 18.2 Å². The molecule has 0 unspecified atom stereocenters. The van der Waals surface area contributed by atoms with E-state index in [0.29, 0.717) is 11.3 Å². The smallest absolute Gasteiger partial charge is 0.255 e. The Balaban J connectivity index is 1.27. The molecule has 44 heavy (non-hydrogen) atoms. The van der Waals surface area contributed by atoms with Crippen LogP contribution in [0.1, 0.15) is 40.7 Å². The average molecular weight is 603 g/mol. The zero-order valence-electron chi connectivity index (χ0n) is 24.8. The number of piperidine rings is 1. The third-order valence-electron chi connectivity index (χ3n) is 9.79. The lowest BCUT2D eigenvalue weighted by molar-refractivity contribution is -0.148. The highest BCUT2D eigenvalue weighted by atomic mass is 16.3. The first-order chi connectivity index (χ1) is 20.9. The molecule has 6 rings (SSSR count). The van der Waals surface area contributed by atoms with Crippen molar-refractivity contribution in [1.82, 2.24) is 9.80 Å². The number of phenolic OH excluding ortho intramolecular Hbond substituents is 1. The summed E-state index contributed by atoms with van der Waals surface area (Å²) in [5.41, 5.74) is 4.02. The number of hydrogen-bond donors (Lipinski definition) is 6. The number of aliphatic hydroxyl groups is 3. The second kappa shape index (κ2) is 11.1. The van der Waals surface area contributed by atoms with Crippen molar-refractivity contribution in [2.45, 2.75) is 49.9 Å². The van der Waals surface area contributed by atoms with Crippen molar-refractivity contribution in [2.24, 2.45) is 17.6 Å². The Hall–Kier alpha value is -4.19. The number of fused-ring (bicyclic) bond motifs is 3. The molecule has 4 aliphatic rings. The molecule has 1 heterocycles. The van der Waals surface area contributed by atoms with E-state index in [2.05, 4.69) is 22.3 Å². The van der Waals surface area contributed by atoms with Crippen LogP contribution in [0.3, 0.4) is 0 Å². The molecule has 1 amide bonds. The first-order valence-electron chi connectivity index (χ1n) is 15.0. The number of ketones is 2. The highest BCUT2D eigenvalue weighted by Crippen LogP contribution is 2.52. The van der Waals surface area contributed by atoms with Gasteiger partial charge in [-0.2, -0.15) is 0 Å². The maximum absolute atomic E-state index is 14.0. The fourth-order valence-corrected chi connectivity index (χ4v) is 7.64. The summed E-state index contributed by atoms with van der Waals surface area (Å²) in [5.74, 6) is -6.50. The van der Waals surface area contributed by atoms with Crippen LogP contribution in [-0.2, 0) is 22.6 Å². The van der Waals surface area contributed by atoms with Gasteiger partial charge in [0.2, 0.25) is 5.78 Å². The maximum Gasteiger partial charge on any atom is 0.255 e. The van der Waals surface area contributed by atoms with E-state index < -0.39 is 58.0 Å². The summed E-state index contributed by atoms with van der Waals surface area (Å²) in [6.07, 6.45) is 2.02. The molecule has 7 N–H and O–H groups in total. The summed E-state index contributed by atoms with van der Waals surface area (Å²) in [5, 5.41) is 48.8. The van der Waals surface area contributed by atoms with Crippen LogP contribution >= 0.6 is 0 Å². The van der Waals surface area contributed by atoms with Gasteiger partial charge in [-0.3, -0.25) is 24.2 Å². The molecule has 1 aliphatic heterocycles. The molecule has 2 aromatic carbocycles. The molecular weight excluding hydrogens is 564 g/mol. The van der Waals surface area contributed by atoms with Crippen molar-refractivity contribution in [1.29, 1.82) is 0 Å². The van der Waals surface area contributed by atoms with Gasteiger partial charge in [-0.15, -0.1) is 0 Å². The quantitative estimate of drug-likeness (QED) is 0.212. The number of benzene rings is 2. The van der Waals surface area contributed by atoms with E-state index in [-0.39, 0.29) is 35.8 Å². The molecule has 0 saturated carbocycles. The molecule has 2 aromatic rings. The standard InChI is InChI=1S/C33H38N4O7/c1-36(2)26-21-15-19-14-18-8-9-22(35-20-10-12-37(13-11-20)16-17-6-4-3-5-7-17)27(38)23(18)28(39)24(19)30(41)33(21,44)31(42)25(29(26)40)32(34)43/h3-9,19-21,26,35,38,40-41,44H,10-16H2,1-2H3,(H2,34,43)/t19-,21-,26-,33+/m1/s1. The maximum atomic E-state index is 14.0. The summed E-state index contributed by atoms with van der Waals surface area (Å²) in [6, 6.07) is 12.9. The molecule has 11 heteroatoms. The van der Waals surface area contributed by atoms with Crippen LogP contribution in [0.5, 0.6) is 5.75 Å². The number of aliphatic hydroxyl groups excluding tert-OH is 2. The Kier molecular flexibility index (Phi) is 7.51. The molecule has 11 nitrogen and oxygen atoms in total. The van der Waals surface area contributed by atoms with Gasteiger partial charge in [0.25, 0.3) is 5.91 Å². The van der Waals surface area contributed by atoms with Crippen LogP contribution in [-0.4, -0.2) is 92.6 Å². The number of hydrogen-bond acceptors (Lipinski definition) is 10. The second-order valence-electron chi connectivity index (χ2n) is 12.6. The minimum Gasteiger partial charge on any atom is -0.510 e.